The molecular weight excluding hydrogens is 414 g/mol. The molecule has 0 atom stereocenters. The van der Waals surface area contributed by atoms with Crippen molar-refractivity contribution in [3.05, 3.63) is 17.5 Å². The average molecular weight is 444 g/mol. The SMILES string of the molecule is CC(C)(C)OC(=O)N1CCN(C(=O)C2CCN(S(=O)(=O)c3cccs3)CC2)CC1. The zero-order chi connectivity index (χ0) is 21.2. The first-order chi connectivity index (χ1) is 13.6. The highest BCUT2D eigenvalue weighted by molar-refractivity contribution is 7.91. The van der Waals surface area contributed by atoms with Gasteiger partial charge in [0.2, 0.25) is 5.91 Å². The number of rotatable bonds is 3. The molecule has 2 aliphatic heterocycles. The van der Waals surface area contributed by atoms with Gasteiger partial charge in [-0.3, -0.25) is 4.79 Å². The Labute approximate surface area is 176 Å². The maximum absolute atomic E-state index is 12.9. The first-order valence-corrected chi connectivity index (χ1v) is 12.2. The van der Waals surface area contributed by atoms with Crippen molar-refractivity contribution in [1.29, 1.82) is 0 Å². The van der Waals surface area contributed by atoms with Crippen LogP contribution in [0.15, 0.2) is 21.7 Å². The van der Waals surface area contributed by atoms with Crippen molar-refractivity contribution in [1.82, 2.24) is 14.1 Å². The van der Waals surface area contributed by atoms with Gasteiger partial charge in [0.05, 0.1) is 0 Å². The number of hydrogen-bond donors (Lipinski definition) is 0. The van der Waals surface area contributed by atoms with Crippen LogP contribution in [0.4, 0.5) is 4.79 Å². The summed E-state index contributed by atoms with van der Waals surface area (Å²) in [6.45, 7) is 8.06. The molecule has 2 aliphatic rings. The van der Waals surface area contributed by atoms with E-state index in [1.807, 2.05) is 20.8 Å². The molecule has 0 spiro atoms. The number of carbonyl (C=O) groups excluding carboxylic acids is 2. The van der Waals surface area contributed by atoms with Gasteiger partial charge in [-0.05, 0) is 45.1 Å². The van der Waals surface area contributed by atoms with Crippen LogP contribution in [0, 0.1) is 5.92 Å². The van der Waals surface area contributed by atoms with E-state index in [9.17, 15) is 18.0 Å². The van der Waals surface area contributed by atoms with E-state index in [0.717, 1.165) is 0 Å². The molecule has 10 heteroatoms. The smallest absolute Gasteiger partial charge is 0.410 e. The van der Waals surface area contributed by atoms with Gasteiger partial charge in [0, 0.05) is 45.2 Å². The van der Waals surface area contributed by atoms with E-state index >= 15 is 0 Å². The molecule has 0 saturated carbocycles. The first kappa shape index (κ1) is 22.0. The van der Waals surface area contributed by atoms with Crippen LogP contribution in [0.25, 0.3) is 0 Å². The molecule has 1 aromatic rings. The lowest BCUT2D eigenvalue weighted by molar-refractivity contribution is -0.138. The summed E-state index contributed by atoms with van der Waals surface area (Å²) in [5.74, 6) is -0.111. The van der Waals surface area contributed by atoms with Crippen LogP contribution in [0.5, 0.6) is 0 Å². The monoisotopic (exact) mass is 443 g/mol. The molecular formula is C19H29N3O5S2. The van der Waals surface area contributed by atoms with Gasteiger partial charge in [-0.25, -0.2) is 13.2 Å². The van der Waals surface area contributed by atoms with Crippen LogP contribution in [-0.2, 0) is 19.6 Å². The number of nitrogens with zero attached hydrogens (tertiary/aromatic N) is 3. The summed E-state index contributed by atoms with van der Waals surface area (Å²) < 4.78 is 32.4. The minimum absolute atomic E-state index is 0.0574. The Hall–Kier alpha value is -1.65. The summed E-state index contributed by atoms with van der Waals surface area (Å²) in [5.41, 5.74) is -0.540. The maximum Gasteiger partial charge on any atom is 0.410 e. The molecule has 3 rings (SSSR count). The molecule has 0 N–H and O–H groups in total. The second-order valence-electron chi connectivity index (χ2n) is 8.40. The Morgan fingerprint density at radius 3 is 2.14 bits per heavy atom. The van der Waals surface area contributed by atoms with Gasteiger partial charge >= 0.3 is 6.09 Å². The summed E-state index contributed by atoms with van der Waals surface area (Å²) in [6, 6.07) is 3.34. The zero-order valence-corrected chi connectivity index (χ0v) is 18.8. The van der Waals surface area contributed by atoms with Gasteiger partial charge in [-0.1, -0.05) is 6.07 Å². The predicted molar refractivity (Wildman–Crippen MR) is 110 cm³/mol. The largest absolute Gasteiger partial charge is 0.444 e. The van der Waals surface area contributed by atoms with Crippen molar-refractivity contribution in [2.75, 3.05) is 39.3 Å². The van der Waals surface area contributed by atoms with Crippen LogP contribution >= 0.6 is 11.3 Å². The summed E-state index contributed by atoms with van der Waals surface area (Å²) in [4.78, 5) is 28.4. The zero-order valence-electron chi connectivity index (χ0n) is 17.2. The molecule has 2 saturated heterocycles. The molecule has 0 aromatic carbocycles. The standard InChI is InChI=1S/C19H29N3O5S2/c1-19(2,3)27-18(24)21-12-10-20(11-13-21)17(23)15-6-8-22(9-7-15)29(25,26)16-5-4-14-28-16/h4-5,14-15H,6-13H2,1-3H3. The number of hydrogen-bond acceptors (Lipinski definition) is 6. The van der Waals surface area contributed by atoms with Crippen molar-refractivity contribution in [2.45, 2.75) is 43.4 Å². The van der Waals surface area contributed by atoms with E-state index < -0.39 is 15.6 Å². The number of piperidine rings is 1. The van der Waals surface area contributed by atoms with Crippen LogP contribution < -0.4 is 0 Å². The molecule has 2 fully saturated rings. The summed E-state index contributed by atoms with van der Waals surface area (Å²) >= 11 is 1.21. The summed E-state index contributed by atoms with van der Waals surface area (Å²) in [5, 5.41) is 1.75. The van der Waals surface area contributed by atoms with Gasteiger partial charge in [-0.15, -0.1) is 11.3 Å². The molecule has 29 heavy (non-hydrogen) atoms. The molecule has 0 unspecified atom stereocenters. The lowest BCUT2D eigenvalue weighted by Gasteiger charge is -2.38. The second kappa shape index (κ2) is 8.61. The van der Waals surface area contributed by atoms with Crippen molar-refractivity contribution in [2.24, 2.45) is 5.92 Å². The van der Waals surface area contributed by atoms with E-state index in [2.05, 4.69) is 0 Å². The number of thiophene rings is 1. The highest BCUT2D eigenvalue weighted by Gasteiger charge is 2.35. The molecule has 2 amide bonds. The highest BCUT2D eigenvalue weighted by atomic mass is 32.2. The van der Waals surface area contributed by atoms with Crippen molar-refractivity contribution in [3.8, 4) is 0 Å². The molecule has 8 nitrogen and oxygen atoms in total. The van der Waals surface area contributed by atoms with Crippen molar-refractivity contribution in [3.63, 3.8) is 0 Å². The Morgan fingerprint density at radius 2 is 1.62 bits per heavy atom. The molecule has 0 radical (unpaired) electrons. The summed E-state index contributed by atoms with van der Waals surface area (Å²) in [6.07, 6.45) is 0.697. The fraction of sp³-hybridized carbons (Fsp3) is 0.684. The maximum atomic E-state index is 12.9. The van der Waals surface area contributed by atoms with E-state index in [0.29, 0.717) is 56.3 Å². The van der Waals surface area contributed by atoms with E-state index in [1.165, 1.54) is 15.6 Å². The van der Waals surface area contributed by atoms with Crippen LogP contribution in [0.1, 0.15) is 33.6 Å². The molecule has 1 aromatic heterocycles. The van der Waals surface area contributed by atoms with Gasteiger partial charge in [-0.2, -0.15) is 4.31 Å². The summed E-state index contributed by atoms with van der Waals surface area (Å²) in [7, 11) is -3.46. The predicted octanol–water partition coefficient (Wildman–Crippen LogP) is 2.23. The van der Waals surface area contributed by atoms with Gasteiger partial charge in [0.1, 0.15) is 9.81 Å². The van der Waals surface area contributed by atoms with E-state index in [-0.39, 0.29) is 17.9 Å². The second-order valence-corrected chi connectivity index (χ2v) is 11.5. The minimum Gasteiger partial charge on any atom is -0.444 e. The molecule has 0 bridgehead atoms. The Balaban J connectivity index is 1.49. The number of ether oxygens (including phenoxy) is 1. The number of amides is 2. The van der Waals surface area contributed by atoms with Crippen molar-refractivity contribution < 1.29 is 22.7 Å². The van der Waals surface area contributed by atoms with Crippen LogP contribution in [0.3, 0.4) is 0 Å². The average Bonchev–Trinajstić information content (AvgIpc) is 3.22. The van der Waals surface area contributed by atoms with E-state index in [1.54, 1.807) is 27.3 Å². The van der Waals surface area contributed by atoms with Crippen molar-refractivity contribution >= 4 is 33.4 Å². The van der Waals surface area contributed by atoms with Crippen LogP contribution in [-0.4, -0.2) is 79.4 Å². The quantitative estimate of drug-likeness (QED) is 0.715. The molecule has 0 aliphatic carbocycles. The number of sulfonamides is 1. The Morgan fingerprint density at radius 1 is 1.03 bits per heavy atom. The van der Waals surface area contributed by atoms with Crippen LogP contribution in [0.2, 0.25) is 0 Å². The first-order valence-electron chi connectivity index (χ1n) is 9.88. The third-order valence-corrected chi connectivity index (χ3v) is 8.41. The van der Waals surface area contributed by atoms with Gasteiger partial charge in [0.15, 0.2) is 0 Å². The van der Waals surface area contributed by atoms with Gasteiger partial charge in [0.25, 0.3) is 10.0 Å². The van der Waals surface area contributed by atoms with Gasteiger partial charge < -0.3 is 14.5 Å². The van der Waals surface area contributed by atoms with E-state index in [4.69, 9.17) is 4.74 Å². The number of piperazine rings is 1. The normalized spacial score (nSPS) is 20.0. The Bertz CT molecular complexity index is 817. The third-order valence-electron chi connectivity index (χ3n) is 5.14. The lowest BCUT2D eigenvalue weighted by atomic mass is 9.96. The number of carbonyl (C=O) groups is 2. The minimum atomic E-state index is -3.46. The Kier molecular flexibility index (Phi) is 6.54. The fourth-order valence-corrected chi connectivity index (χ4v) is 6.19. The molecule has 3 heterocycles. The lowest BCUT2D eigenvalue weighted by Crippen LogP contribution is -2.53. The highest BCUT2D eigenvalue weighted by Crippen LogP contribution is 2.27. The molecule has 162 valence electrons. The third kappa shape index (κ3) is 5.29. The topological polar surface area (TPSA) is 87.2 Å². The fourth-order valence-electron chi connectivity index (χ4n) is 3.57.